The fourth-order valence-corrected chi connectivity index (χ4v) is 3.83. The molecule has 1 spiro atoms. The molecule has 2 heterocycles. The molecule has 2 amide bonds. The van der Waals surface area contributed by atoms with Gasteiger partial charge in [0.2, 0.25) is 11.8 Å². The molecule has 1 aromatic rings. The van der Waals surface area contributed by atoms with Gasteiger partial charge in [0.25, 0.3) is 0 Å². The van der Waals surface area contributed by atoms with Crippen molar-refractivity contribution in [2.75, 3.05) is 32.8 Å². The van der Waals surface area contributed by atoms with Crippen LogP contribution in [-0.4, -0.2) is 60.0 Å². The standard InChI is InChI=1S/C18H24ClN3O3/c19-15-3-1-2-14(10-15)12-22-8-9-25-18(11-17(22)24)4-6-21(7-5-18)13-16(20)23/h1-3,10H,4-9,11-13H2,(H2,20,23). The van der Waals surface area contributed by atoms with E-state index in [2.05, 4.69) is 0 Å². The quantitative estimate of drug-likeness (QED) is 0.875. The van der Waals surface area contributed by atoms with Crippen LogP contribution in [0, 0.1) is 0 Å². The number of nitrogens with two attached hydrogens (primary N) is 1. The first kappa shape index (κ1) is 18.2. The first-order valence-corrected chi connectivity index (χ1v) is 9.00. The molecular formula is C18H24ClN3O3. The second kappa shape index (κ2) is 7.72. The molecule has 2 aliphatic rings. The lowest BCUT2D eigenvalue weighted by atomic mass is 9.87. The summed E-state index contributed by atoms with van der Waals surface area (Å²) in [6.45, 7) is 3.38. The summed E-state index contributed by atoms with van der Waals surface area (Å²) in [4.78, 5) is 27.7. The number of nitrogens with zero attached hydrogens (tertiary/aromatic N) is 2. The third-order valence-corrected chi connectivity index (χ3v) is 5.24. The minimum absolute atomic E-state index is 0.112. The van der Waals surface area contributed by atoms with E-state index in [4.69, 9.17) is 22.1 Å². The molecule has 0 aliphatic carbocycles. The van der Waals surface area contributed by atoms with Crippen LogP contribution >= 0.6 is 11.6 Å². The van der Waals surface area contributed by atoms with Crippen LogP contribution in [0.1, 0.15) is 24.8 Å². The molecule has 1 aromatic carbocycles. The number of primary amides is 1. The average molecular weight is 366 g/mol. The molecule has 2 fully saturated rings. The van der Waals surface area contributed by atoms with Gasteiger partial charge in [-0.3, -0.25) is 14.5 Å². The molecule has 2 aliphatic heterocycles. The number of carbonyl (C=O) groups excluding carboxylic acids is 2. The van der Waals surface area contributed by atoms with Crippen LogP contribution < -0.4 is 5.73 Å². The zero-order valence-electron chi connectivity index (χ0n) is 14.2. The van der Waals surface area contributed by atoms with Crippen molar-refractivity contribution >= 4 is 23.4 Å². The highest BCUT2D eigenvalue weighted by Gasteiger charge is 2.40. The van der Waals surface area contributed by atoms with E-state index in [-0.39, 0.29) is 18.4 Å². The minimum Gasteiger partial charge on any atom is -0.373 e. The summed E-state index contributed by atoms with van der Waals surface area (Å²) in [5.74, 6) is -0.206. The zero-order chi connectivity index (χ0) is 17.9. The maximum Gasteiger partial charge on any atom is 0.231 e. The second-order valence-electron chi connectivity index (χ2n) is 6.90. The van der Waals surface area contributed by atoms with Crippen molar-refractivity contribution in [1.29, 1.82) is 0 Å². The summed E-state index contributed by atoms with van der Waals surface area (Å²) in [7, 11) is 0. The maximum absolute atomic E-state index is 12.8. The predicted molar refractivity (Wildman–Crippen MR) is 95.0 cm³/mol. The Hall–Kier alpha value is -1.63. The van der Waals surface area contributed by atoms with Gasteiger partial charge < -0.3 is 15.4 Å². The van der Waals surface area contributed by atoms with E-state index in [1.165, 1.54) is 0 Å². The van der Waals surface area contributed by atoms with Crippen molar-refractivity contribution in [2.24, 2.45) is 5.73 Å². The van der Waals surface area contributed by atoms with E-state index in [1.807, 2.05) is 34.1 Å². The molecule has 3 rings (SSSR count). The molecule has 0 saturated carbocycles. The molecule has 2 N–H and O–H groups in total. The normalized spacial score (nSPS) is 21.3. The maximum atomic E-state index is 12.8. The van der Waals surface area contributed by atoms with Crippen molar-refractivity contribution in [2.45, 2.75) is 31.4 Å². The third kappa shape index (κ3) is 4.71. The number of carbonyl (C=O) groups is 2. The summed E-state index contributed by atoms with van der Waals surface area (Å²) in [6.07, 6.45) is 1.88. The Kier molecular flexibility index (Phi) is 5.61. The number of piperidine rings is 1. The smallest absolute Gasteiger partial charge is 0.231 e. The summed E-state index contributed by atoms with van der Waals surface area (Å²) in [5, 5.41) is 0.675. The Morgan fingerprint density at radius 2 is 2.04 bits per heavy atom. The number of hydrogen-bond donors (Lipinski definition) is 1. The number of amides is 2. The Balaban J connectivity index is 1.61. The van der Waals surface area contributed by atoms with Gasteiger partial charge in [0.05, 0.1) is 25.2 Å². The number of rotatable bonds is 4. The van der Waals surface area contributed by atoms with Gasteiger partial charge in [0.1, 0.15) is 0 Å². The van der Waals surface area contributed by atoms with Crippen LogP contribution in [-0.2, 0) is 20.9 Å². The molecule has 2 saturated heterocycles. The van der Waals surface area contributed by atoms with E-state index in [9.17, 15) is 9.59 Å². The van der Waals surface area contributed by atoms with Crippen molar-refractivity contribution in [3.63, 3.8) is 0 Å². The second-order valence-corrected chi connectivity index (χ2v) is 7.33. The summed E-state index contributed by atoms with van der Waals surface area (Å²) >= 11 is 6.03. The van der Waals surface area contributed by atoms with Gasteiger partial charge >= 0.3 is 0 Å². The van der Waals surface area contributed by atoms with Crippen LogP contribution in [0.15, 0.2) is 24.3 Å². The molecular weight excluding hydrogens is 342 g/mol. The largest absolute Gasteiger partial charge is 0.373 e. The molecule has 136 valence electrons. The van der Waals surface area contributed by atoms with Gasteiger partial charge in [0, 0.05) is 31.2 Å². The van der Waals surface area contributed by atoms with Crippen LogP contribution in [0.25, 0.3) is 0 Å². The number of ether oxygens (including phenoxy) is 1. The van der Waals surface area contributed by atoms with Crippen LogP contribution in [0.4, 0.5) is 0 Å². The molecule has 0 bridgehead atoms. The highest BCUT2D eigenvalue weighted by atomic mass is 35.5. The first-order chi connectivity index (χ1) is 12.0. The Labute approximate surface area is 152 Å². The average Bonchev–Trinajstić information content (AvgIpc) is 2.69. The predicted octanol–water partition coefficient (Wildman–Crippen LogP) is 1.41. The topological polar surface area (TPSA) is 75.9 Å². The number of hydrogen-bond acceptors (Lipinski definition) is 4. The van der Waals surface area contributed by atoms with Crippen molar-refractivity contribution in [3.8, 4) is 0 Å². The van der Waals surface area contributed by atoms with E-state index >= 15 is 0 Å². The fraction of sp³-hybridized carbons (Fsp3) is 0.556. The first-order valence-electron chi connectivity index (χ1n) is 8.63. The lowest BCUT2D eigenvalue weighted by Crippen LogP contribution is -2.49. The van der Waals surface area contributed by atoms with Crippen LogP contribution in [0.3, 0.4) is 0 Å². The number of benzene rings is 1. The molecule has 0 aromatic heterocycles. The van der Waals surface area contributed by atoms with Crippen molar-refractivity contribution in [1.82, 2.24) is 9.80 Å². The molecule has 0 atom stereocenters. The SMILES string of the molecule is NC(=O)CN1CCC2(CC1)CC(=O)N(Cc1cccc(Cl)c1)CCO2. The van der Waals surface area contributed by atoms with E-state index in [0.717, 1.165) is 31.5 Å². The molecule has 0 radical (unpaired) electrons. The molecule has 7 heteroatoms. The van der Waals surface area contributed by atoms with Gasteiger partial charge in [0.15, 0.2) is 0 Å². The fourth-order valence-electron chi connectivity index (χ4n) is 3.62. The number of likely N-dealkylation sites (tertiary alicyclic amines) is 1. The Bertz CT molecular complexity index is 644. The van der Waals surface area contributed by atoms with Gasteiger partial charge in [-0.1, -0.05) is 23.7 Å². The van der Waals surface area contributed by atoms with Crippen LogP contribution in [0.2, 0.25) is 5.02 Å². The molecule has 25 heavy (non-hydrogen) atoms. The summed E-state index contributed by atoms with van der Waals surface area (Å²) in [5.41, 5.74) is 5.87. The highest BCUT2D eigenvalue weighted by molar-refractivity contribution is 6.30. The zero-order valence-corrected chi connectivity index (χ0v) is 15.0. The number of halogens is 1. The van der Waals surface area contributed by atoms with Crippen molar-refractivity contribution in [3.05, 3.63) is 34.9 Å². The Morgan fingerprint density at radius 3 is 2.72 bits per heavy atom. The Morgan fingerprint density at radius 1 is 1.28 bits per heavy atom. The highest BCUT2D eigenvalue weighted by Crippen LogP contribution is 2.32. The van der Waals surface area contributed by atoms with Gasteiger partial charge in [-0.25, -0.2) is 0 Å². The van der Waals surface area contributed by atoms with E-state index < -0.39 is 5.60 Å². The van der Waals surface area contributed by atoms with Crippen molar-refractivity contribution < 1.29 is 14.3 Å². The third-order valence-electron chi connectivity index (χ3n) is 5.00. The van der Waals surface area contributed by atoms with Gasteiger partial charge in [-0.2, -0.15) is 0 Å². The monoisotopic (exact) mass is 365 g/mol. The lowest BCUT2D eigenvalue weighted by Gasteiger charge is -2.40. The van der Waals surface area contributed by atoms with E-state index in [0.29, 0.717) is 31.1 Å². The van der Waals surface area contributed by atoms with Gasteiger partial charge in [-0.15, -0.1) is 0 Å². The molecule has 6 nitrogen and oxygen atoms in total. The minimum atomic E-state index is -0.408. The summed E-state index contributed by atoms with van der Waals surface area (Å²) < 4.78 is 6.12. The van der Waals surface area contributed by atoms with Gasteiger partial charge in [-0.05, 0) is 30.5 Å². The molecule has 0 unspecified atom stereocenters. The summed E-state index contributed by atoms with van der Waals surface area (Å²) in [6, 6.07) is 7.58. The van der Waals surface area contributed by atoms with Crippen LogP contribution in [0.5, 0.6) is 0 Å². The lowest BCUT2D eigenvalue weighted by molar-refractivity contribution is -0.136. The van der Waals surface area contributed by atoms with E-state index in [1.54, 1.807) is 0 Å².